The third kappa shape index (κ3) is 4.73. The number of anilines is 2. The van der Waals surface area contributed by atoms with Crippen LogP contribution in [0.15, 0.2) is 47.6 Å². The molecule has 11 heteroatoms. The van der Waals surface area contributed by atoms with Crippen LogP contribution in [-0.4, -0.2) is 26.2 Å². The van der Waals surface area contributed by atoms with E-state index in [1.165, 1.54) is 23.9 Å². The van der Waals surface area contributed by atoms with Gasteiger partial charge in [0.05, 0.1) is 5.56 Å². The summed E-state index contributed by atoms with van der Waals surface area (Å²) in [6.45, 7) is 0. The number of aromatic nitrogens is 4. The Kier molecular flexibility index (Phi) is 6.00. The van der Waals surface area contributed by atoms with E-state index in [0.717, 1.165) is 17.7 Å². The number of thioether (sulfide) groups is 1. The van der Waals surface area contributed by atoms with Crippen LogP contribution in [0.25, 0.3) is 11.2 Å². The van der Waals surface area contributed by atoms with E-state index in [1.807, 2.05) is 6.26 Å². The lowest BCUT2D eigenvalue weighted by atomic mass is 10.1. The van der Waals surface area contributed by atoms with Gasteiger partial charge >= 0.3 is 6.18 Å². The lowest BCUT2D eigenvalue weighted by Gasteiger charge is -2.10. The second-order valence-electron chi connectivity index (χ2n) is 6.52. The number of rotatable bonds is 5. The third-order valence-corrected chi connectivity index (χ3v) is 5.70. The van der Waals surface area contributed by atoms with E-state index < -0.39 is 11.7 Å². The minimum Gasteiger partial charge on any atom is -0.338 e. The molecule has 0 atom stereocenters. The molecule has 4 aromatic rings. The minimum atomic E-state index is -4.40. The maximum absolute atomic E-state index is 12.8. The molecule has 2 N–H and O–H groups in total. The van der Waals surface area contributed by atoms with Crippen molar-refractivity contribution in [2.24, 2.45) is 0 Å². The van der Waals surface area contributed by atoms with Gasteiger partial charge in [0.2, 0.25) is 0 Å². The number of benzene rings is 2. The molecule has 31 heavy (non-hydrogen) atoms. The largest absolute Gasteiger partial charge is 0.416 e. The SMILES string of the molecule is CSc1nc(Nc2ccc(C(F)(F)F)cc2)c2[nH]c(Cc3c(Cl)cccc3Cl)nc2n1. The molecule has 2 heterocycles. The first-order valence-corrected chi connectivity index (χ1v) is 10.9. The number of nitrogens with zero attached hydrogens (tertiary/aromatic N) is 3. The van der Waals surface area contributed by atoms with Gasteiger partial charge in [-0.2, -0.15) is 13.2 Å². The van der Waals surface area contributed by atoms with Gasteiger partial charge in [-0.25, -0.2) is 15.0 Å². The van der Waals surface area contributed by atoms with Crippen molar-refractivity contribution in [2.75, 3.05) is 11.6 Å². The number of hydrogen-bond acceptors (Lipinski definition) is 5. The van der Waals surface area contributed by atoms with Crippen LogP contribution < -0.4 is 5.32 Å². The Morgan fingerprint density at radius 1 is 1.00 bits per heavy atom. The lowest BCUT2D eigenvalue weighted by molar-refractivity contribution is -0.137. The monoisotopic (exact) mass is 483 g/mol. The minimum absolute atomic E-state index is 0.350. The van der Waals surface area contributed by atoms with Crippen molar-refractivity contribution < 1.29 is 13.2 Å². The zero-order valence-corrected chi connectivity index (χ0v) is 18.2. The molecule has 0 radical (unpaired) electrons. The average Bonchev–Trinajstić information content (AvgIpc) is 3.13. The van der Waals surface area contributed by atoms with E-state index in [0.29, 0.717) is 50.1 Å². The Morgan fingerprint density at radius 2 is 1.68 bits per heavy atom. The number of aromatic amines is 1. The summed E-state index contributed by atoms with van der Waals surface area (Å²) in [5.41, 5.74) is 1.39. The number of hydrogen-bond donors (Lipinski definition) is 2. The summed E-state index contributed by atoms with van der Waals surface area (Å²) in [7, 11) is 0. The zero-order valence-electron chi connectivity index (χ0n) is 15.9. The first-order chi connectivity index (χ1) is 14.7. The second kappa shape index (κ2) is 8.57. The van der Waals surface area contributed by atoms with Crippen molar-refractivity contribution in [1.82, 2.24) is 19.9 Å². The molecular weight excluding hydrogens is 470 g/mol. The van der Waals surface area contributed by atoms with E-state index in [9.17, 15) is 13.2 Å². The standard InChI is InChI=1S/C20H14Cl2F3N5S/c1-31-19-29-17(26-11-7-5-10(6-8-11)20(23,24)25)16-18(30-19)28-15(27-16)9-12-13(21)3-2-4-14(12)22/h2-8H,9H2,1H3,(H2,26,27,28,29,30). The predicted octanol–water partition coefficient (Wildman–Crippen LogP) is 6.73. The van der Waals surface area contributed by atoms with Gasteiger partial charge in [-0.15, -0.1) is 0 Å². The third-order valence-electron chi connectivity index (χ3n) is 4.44. The van der Waals surface area contributed by atoms with Crippen LogP contribution in [0.2, 0.25) is 10.0 Å². The molecule has 0 amide bonds. The number of H-pyrrole nitrogens is 1. The highest BCUT2D eigenvalue weighted by Crippen LogP contribution is 2.32. The molecule has 0 spiro atoms. The Hall–Kier alpha value is -2.49. The van der Waals surface area contributed by atoms with Crippen LogP contribution in [0.5, 0.6) is 0 Å². The maximum Gasteiger partial charge on any atom is 0.416 e. The van der Waals surface area contributed by atoms with Crippen LogP contribution in [0, 0.1) is 0 Å². The summed E-state index contributed by atoms with van der Waals surface area (Å²) < 4.78 is 38.4. The smallest absolute Gasteiger partial charge is 0.338 e. The van der Waals surface area contributed by atoms with Crippen LogP contribution >= 0.6 is 35.0 Å². The van der Waals surface area contributed by atoms with Gasteiger partial charge in [-0.05, 0) is 48.2 Å². The quantitative estimate of drug-likeness (QED) is 0.243. The molecule has 5 nitrogen and oxygen atoms in total. The van der Waals surface area contributed by atoms with Crippen molar-refractivity contribution in [3.05, 3.63) is 69.5 Å². The fourth-order valence-electron chi connectivity index (χ4n) is 2.94. The predicted molar refractivity (Wildman–Crippen MR) is 117 cm³/mol. The molecule has 160 valence electrons. The number of halogens is 5. The van der Waals surface area contributed by atoms with Gasteiger partial charge in [0.25, 0.3) is 0 Å². The van der Waals surface area contributed by atoms with Gasteiger partial charge in [0, 0.05) is 22.2 Å². The maximum atomic E-state index is 12.8. The van der Waals surface area contributed by atoms with Crippen molar-refractivity contribution in [2.45, 2.75) is 17.8 Å². The van der Waals surface area contributed by atoms with Gasteiger partial charge in [-0.1, -0.05) is 41.0 Å². The summed E-state index contributed by atoms with van der Waals surface area (Å²) in [4.78, 5) is 16.5. The molecule has 2 aromatic carbocycles. The van der Waals surface area contributed by atoms with Gasteiger partial charge < -0.3 is 10.3 Å². The second-order valence-corrected chi connectivity index (χ2v) is 8.11. The van der Waals surface area contributed by atoms with E-state index in [4.69, 9.17) is 23.2 Å². The fourth-order valence-corrected chi connectivity index (χ4v) is 3.83. The fraction of sp³-hybridized carbons (Fsp3) is 0.150. The van der Waals surface area contributed by atoms with E-state index in [2.05, 4.69) is 25.3 Å². The summed E-state index contributed by atoms with van der Waals surface area (Å²) in [6.07, 6.45) is -2.23. The molecule has 0 bridgehead atoms. The van der Waals surface area contributed by atoms with Gasteiger partial charge in [0.1, 0.15) is 11.3 Å². The first kappa shape index (κ1) is 21.7. The van der Waals surface area contributed by atoms with E-state index in [1.54, 1.807) is 18.2 Å². The molecular formula is C20H14Cl2F3N5S. The Morgan fingerprint density at radius 3 is 2.29 bits per heavy atom. The molecule has 2 aromatic heterocycles. The van der Waals surface area contributed by atoms with Crippen molar-refractivity contribution in [3.63, 3.8) is 0 Å². The van der Waals surface area contributed by atoms with E-state index >= 15 is 0 Å². The molecule has 0 saturated carbocycles. The Labute approximate surface area is 189 Å². The van der Waals surface area contributed by atoms with E-state index in [-0.39, 0.29) is 0 Å². The summed E-state index contributed by atoms with van der Waals surface area (Å²) in [5, 5.41) is 4.55. The van der Waals surface area contributed by atoms with Gasteiger partial charge in [0.15, 0.2) is 16.6 Å². The van der Waals surface area contributed by atoms with Crippen LogP contribution in [0.3, 0.4) is 0 Å². The molecule has 0 aliphatic carbocycles. The summed E-state index contributed by atoms with van der Waals surface area (Å²) >= 11 is 13.8. The van der Waals surface area contributed by atoms with Crippen molar-refractivity contribution in [1.29, 1.82) is 0 Å². The van der Waals surface area contributed by atoms with Crippen molar-refractivity contribution >= 4 is 57.6 Å². The van der Waals surface area contributed by atoms with Crippen LogP contribution in [0.1, 0.15) is 17.0 Å². The Bertz CT molecular complexity index is 1220. The number of nitrogens with one attached hydrogen (secondary N) is 2. The highest BCUT2D eigenvalue weighted by molar-refractivity contribution is 7.98. The molecule has 0 aliphatic heterocycles. The first-order valence-electron chi connectivity index (χ1n) is 8.92. The van der Waals surface area contributed by atoms with Crippen LogP contribution in [0.4, 0.5) is 24.7 Å². The summed E-state index contributed by atoms with van der Waals surface area (Å²) in [6, 6.07) is 9.95. The molecule has 0 unspecified atom stereocenters. The molecule has 0 saturated heterocycles. The number of alkyl halides is 3. The number of imidazole rings is 1. The highest BCUT2D eigenvalue weighted by atomic mass is 35.5. The summed E-state index contributed by atoms with van der Waals surface area (Å²) in [5.74, 6) is 0.978. The van der Waals surface area contributed by atoms with Crippen molar-refractivity contribution in [3.8, 4) is 0 Å². The van der Waals surface area contributed by atoms with Gasteiger partial charge in [-0.3, -0.25) is 0 Å². The topological polar surface area (TPSA) is 66.5 Å². The average molecular weight is 484 g/mol. The normalized spacial score (nSPS) is 11.8. The number of fused-ring (bicyclic) bond motifs is 1. The highest BCUT2D eigenvalue weighted by Gasteiger charge is 2.30. The van der Waals surface area contributed by atoms with Crippen LogP contribution in [-0.2, 0) is 12.6 Å². The lowest BCUT2D eigenvalue weighted by Crippen LogP contribution is -2.04. The molecule has 4 rings (SSSR count). The molecule has 0 aliphatic rings. The Balaban J connectivity index is 1.70. The molecule has 0 fully saturated rings. The zero-order chi connectivity index (χ0) is 22.2.